The Hall–Kier alpha value is -2.85. The summed E-state index contributed by atoms with van der Waals surface area (Å²) in [4.78, 5) is 24.1. The van der Waals surface area contributed by atoms with Crippen LogP contribution in [0.15, 0.2) is 51.4 Å². The molecule has 1 aromatic carbocycles. The van der Waals surface area contributed by atoms with Crippen LogP contribution in [0.25, 0.3) is 0 Å². The van der Waals surface area contributed by atoms with Crippen molar-refractivity contribution in [3.05, 3.63) is 54.0 Å². The SMILES string of the molecule is CCOc1ccc(C(=O)Nc2nnc(SCC(=O)NCc3ccco3)s2)cc1. The summed E-state index contributed by atoms with van der Waals surface area (Å²) in [6.07, 6.45) is 1.56. The van der Waals surface area contributed by atoms with E-state index in [2.05, 4.69) is 20.8 Å². The number of amides is 2. The number of rotatable bonds is 9. The minimum absolute atomic E-state index is 0.142. The van der Waals surface area contributed by atoms with Crippen LogP contribution in [0.4, 0.5) is 5.13 Å². The van der Waals surface area contributed by atoms with Crippen LogP contribution in [-0.4, -0.2) is 34.4 Å². The van der Waals surface area contributed by atoms with Crippen molar-refractivity contribution in [2.45, 2.75) is 17.8 Å². The molecular weight excluding hydrogens is 400 g/mol. The summed E-state index contributed by atoms with van der Waals surface area (Å²) in [5, 5.41) is 13.7. The zero-order valence-electron chi connectivity index (χ0n) is 15.0. The molecule has 3 rings (SSSR count). The molecule has 0 spiro atoms. The predicted octanol–water partition coefficient (Wildman–Crippen LogP) is 3.19. The largest absolute Gasteiger partial charge is 0.494 e. The van der Waals surface area contributed by atoms with Crippen molar-refractivity contribution in [3.8, 4) is 5.75 Å². The number of carbonyl (C=O) groups excluding carboxylic acids is 2. The van der Waals surface area contributed by atoms with Gasteiger partial charge in [0.15, 0.2) is 4.34 Å². The van der Waals surface area contributed by atoms with Crippen LogP contribution in [0.3, 0.4) is 0 Å². The maximum Gasteiger partial charge on any atom is 0.257 e. The molecule has 146 valence electrons. The lowest BCUT2D eigenvalue weighted by molar-refractivity contribution is -0.118. The molecule has 0 fully saturated rings. The molecule has 0 radical (unpaired) electrons. The molecule has 2 N–H and O–H groups in total. The molecule has 2 amide bonds. The summed E-state index contributed by atoms with van der Waals surface area (Å²) < 4.78 is 11.1. The van der Waals surface area contributed by atoms with E-state index in [1.165, 1.54) is 23.1 Å². The number of hydrogen-bond acceptors (Lipinski definition) is 8. The third-order valence-electron chi connectivity index (χ3n) is 3.42. The van der Waals surface area contributed by atoms with Crippen molar-refractivity contribution in [1.29, 1.82) is 0 Å². The molecular formula is C18H18N4O4S2. The zero-order valence-corrected chi connectivity index (χ0v) is 16.6. The van der Waals surface area contributed by atoms with Crippen molar-refractivity contribution < 1.29 is 18.7 Å². The van der Waals surface area contributed by atoms with Crippen LogP contribution in [0.2, 0.25) is 0 Å². The maximum absolute atomic E-state index is 12.3. The number of anilines is 1. The average molecular weight is 419 g/mol. The quantitative estimate of drug-likeness (QED) is 0.406. The number of nitrogens with zero attached hydrogens (tertiary/aromatic N) is 2. The molecule has 0 aliphatic rings. The first kappa shape index (κ1) is 19.9. The second kappa shape index (κ2) is 9.90. The fourth-order valence-corrected chi connectivity index (χ4v) is 3.71. The first-order valence-electron chi connectivity index (χ1n) is 8.43. The van der Waals surface area contributed by atoms with Gasteiger partial charge in [-0.2, -0.15) is 0 Å². The van der Waals surface area contributed by atoms with E-state index < -0.39 is 0 Å². The third kappa shape index (κ3) is 5.83. The lowest BCUT2D eigenvalue weighted by Crippen LogP contribution is -2.24. The van der Waals surface area contributed by atoms with Gasteiger partial charge in [0.1, 0.15) is 11.5 Å². The highest BCUT2D eigenvalue weighted by Gasteiger charge is 2.12. The Bertz CT molecular complexity index is 910. The first-order valence-corrected chi connectivity index (χ1v) is 10.2. The van der Waals surface area contributed by atoms with E-state index in [1.54, 1.807) is 42.7 Å². The molecule has 0 saturated carbocycles. The molecule has 2 heterocycles. The molecule has 0 aliphatic heterocycles. The van der Waals surface area contributed by atoms with Gasteiger partial charge in [-0.25, -0.2) is 0 Å². The Morgan fingerprint density at radius 3 is 2.75 bits per heavy atom. The van der Waals surface area contributed by atoms with Crippen LogP contribution in [0.1, 0.15) is 23.0 Å². The minimum Gasteiger partial charge on any atom is -0.494 e. The molecule has 3 aromatic rings. The predicted molar refractivity (Wildman–Crippen MR) is 107 cm³/mol. The van der Waals surface area contributed by atoms with Gasteiger partial charge in [0, 0.05) is 5.56 Å². The van der Waals surface area contributed by atoms with Gasteiger partial charge in [-0.3, -0.25) is 14.9 Å². The Morgan fingerprint density at radius 1 is 1.21 bits per heavy atom. The summed E-state index contributed by atoms with van der Waals surface area (Å²) in [5.41, 5.74) is 0.491. The number of hydrogen-bond donors (Lipinski definition) is 2. The van der Waals surface area contributed by atoms with Crippen molar-refractivity contribution in [1.82, 2.24) is 15.5 Å². The van der Waals surface area contributed by atoms with E-state index >= 15 is 0 Å². The van der Waals surface area contributed by atoms with Gasteiger partial charge < -0.3 is 14.5 Å². The van der Waals surface area contributed by atoms with Gasteiger partial charge >= 0.3 is 0 Å². The lowest BCUT2D eigenvalue weighted by Gasteiger charge is -2.04. The number of aromatic nitrogens is 2. The summed E-state index contributed by atoms with van der Waals surface area (Å²) in [6, 6.07) is 10.4. The van der Waals surface area contributed by atoms with Crippen molar-refractivity contribution in [2.24, 2.45) is 0 Å². The fourth-order valence-electron chi connectivity index (χ4n) is 2.13. The minimum atomic E-state index is -0.285. The standard InChI is InChI=1S/C18H18N4O4S2/c1-2-25-13-7-5-12(6-8-13)16(24)20-17-21-22-18(28-17)27-11-15(23)19-10-14-4-3-9-26-14/h3-9H,2,10-11H2,1H3,(H,19,23)(H,20,21,24). The first-order chi connectivity index (χ1) is 13.6. The second-order valence-electron chi connectivity index (χ2n) is 5.43. The van der Waals surface area contributed by atoms with Crippen LogP contribution in [0, 0.1) is 0 Å². The average Bonchev–Trinajstić information content (AvgIpc) is 3.37. The number of ether oxygens (including phenoxy) is 1. The Labute approximate surface area is 169 Å². The summed E-state index contributed by atoms with van der Waals surface area (Å²) >= 11 is 2.46. The van der Waals surface area contributed by atoms with Crippen LogP contribution < -0.4 is 15.4 Å². The van der Waals surface area contributed by atoms with Crippen molar-refractivity contribution in [2.75, 3.05) is 17.7 Å². The van der Waals surface area contributed by atoms with Gasteiger partial charge in [0.05, 0.1) is 25.2 Å². The fraction of sp³-hybridized carbons (Fsp3) is 0.222. The van der Waals surface area contributed by atoms with Gasteiger partial charge in [-0.1, -0.05) is 23.1 Å². The molecule has 8 nitrogen and oxygen atoms in total. The van der Waals surface area contributed by atoms with Gasteiger partial charge in [-0.15, -0.1) is 10.2 Å². The lowest BCUT2D eigenvalue weighted by atomic mass is 10.2. The number of carbonyl (C=O) groups is 2. The molecule has 0 atom stereocenters. The molecule has 0 saturated heterocycles. The van der Waals surface area contributed by atoms with E-state index in [4.69, 9.17) is 9.15 Å². The highest BCUT2D eigenvalue weighted by atomic mass is 32.2. The number of benzene rings is 1. The van der Waals surface area contributed by atoms with Crippen molar-refractivity contribution >= 4 is 40.0 Å². The van der Waals surface area contributed by atoms with Crippen LogP contribution in [0.5, 0.6) is 5.75 Å². The van der Waals surface area contributed by atoms with Crippen LogP contribution >= 0.6 is 23.1 Å². The van der Waals surface area contributed by atoms with E-state index in [0.29, 0.717) is 39.7 Å². The number of nitrogens with one attached hydrogen (secondary N) is 2. The highest BCUT2D eigenvalue weighted by molar-refractivity contribution is 8.01. The summed E-state index contributed by atoms with van der Waals surface area (Å²) in [6.45, 7) is 2.80. The van der Waals surface area contributed by atoms with E-state index in [0.717, 1.165) is 0 Å². The van der Waals surface area contributed by atoms with Gasteiger partial charge in [0.25, 0.3) is 5.91 Å². The Kier molecular flexibility index (Phi) is 7.04. The molecule has 2 aromatic heterocycles. The normalized spacial score (nSPS) is 10.5. The second-order valence-corrected chi connectivity index (χ2v) is 7.63. The Morgan fingerprint density at radius 2 is 2.04 bits per heavy atom. The highest BCUT2D eigenvalue weighted by Crippen LogP contribution is 2.25. The number of thioether (sulfide) groups is 1. The van der Waals surface area contributed by atoms with E-state index in [9.17, 15) is 9.59 Å². The van der Waals surface area contributed by atoms with Gasteiger partial charge in [0.2, 0.25) is 11.0 Å². The summed E-state index contributed by atoms with van der Waals surface area (Å²) in [5.74, 6) is 1.17. The van der Waals surface area contributed by atoms with Crippen LogP contribution in [-0.2, 0) is 11.3 Å². The molecule has 0 unspecified atom stereocenters. The topological polar surface area (TPSA) is 106 Å². The van der Waals surface area contributed by atoms with E-state index in [1.807, 2.05) is 6.92 Å². The van der Waals surface area contributed by atoms with E-state index in [-0.39, 0.29) is 17.6 Å². The van der Waals surface area contributed by atoms with Crippen molar-refractivity contribution in [3.63, 3.8) is 0 Å². The third-order valence-corrected chi connectivity index (χ3v) is 5.39. The smallest absolute Gasteiger partial charge is 0.257 e. The molecule has 10 heteroatoms. The number of furan rings is 1. The monoisotopic (exact) mass is 418 g/mol. The summed E-state index contributed by atoms with van der Waals surface area (Å²) in [7, 11) is 0. The Balaban J connectivity index is 1.45. The maximum atomic E-state index is 12.3. The van der Waals surface area contributed by atoms with Gasteiger partial charge in [-0.05, 0) is 43.3 Å². The molecule has 0 bridgehead atoms. The zero-order chi connectivity index (χ0) is 19.8. The molecule has 0 aliphatic carbocycles. The molecule has 28 heavy (non-hydrogen) atoms.